The lowest BCUT2D eigenvalue weighted by Gasteiger charge is -2.23. The Hall–Kier alpha value is -3.71. The summed E-state index contributed by atoms with van der Waals surface area (Å²) in [4.78, 5) is 27.5. The van der Waals surface area contributed by atoms with Gasteiger partial charge in [-0.3, -0.25) is 9.59 Å². The lowest BCUT2D eigenvalue weighted by molar-refractivity contribution is -0.140. The average molecular weight is 468 g/mol. The number of aliphatic hydroxyl groups is 1. The fourth-order valence-corrected chi connectivity index (χ4v) is 4.00. The molecule has 1 saturated heterocycles. The molecule has 0 radical (unpaired) electrons. The zero-order valence-electron chi connectivity index (χ0n) is 18.1. The van der Waals surface area contributed by atoms with Gasteiger partial charge in [0.15, 0.2) is 0 Å². The van der Waals surface area contributed by atoms with Gasteiger partial charge in [0.2, 0.25) is 0 Å². The summed E-state index contributed by atoms with van der Waals surface area (Å²) in [5.74, 6) is -0.454. The topological polar surface area (TPSA) is 89.2 Å². The van der Waals surface area contributed by atoms with Gasteiger partial charge in [-0.15, -0.1) is 0 Å². The van der Waals surface area contributed by atoms with Crippen molar-refractivity contribution in [3.05, 3.63) is 88.3 Å². The quantitative estimate of drug-likeness (QED) is 0.300. The maximum Gasteiger partial charge on any atom is 0.296 e. The summed E-state index contributed by atoms with van der Waals surface area (Å²) >= 11 is 6.09. The number of furan rings is 1. The van der Waals surface area contributed by atoms with Crippen molar-refractivity contribution in [1.29, 1.82) is 0 Å². The Balaban J connectivity index is 1.77. The average Bonchev–Trinajstić information content (AvgIpc) is 3.43. The summed E-state index contributed by atoms with van der Waals surface area (Å²) in [6.45, 7) is 2.58. The lowest BCUT2D eigenvalue weighted by atomic mass is 9.99. The van der Waals surface area contributed by atoms with Crippen molar-refractivity contribution in [2.24, 2.45) is 0 Å². The monoisotopic (exact) mass is 467 g/mol. The zero-order valence-corrected chi connectivity index (χ0v) is 18.8. The van der Waals surface area contributed by atoms with E-state index in [0.29, 0.717) is 34.5 Å². The minimum atomic E-state index is -0.895. The second-order valence-corrected chi connectivity index (χ2v) is 7.78. The van der Waals surface area contributed by atoms with Crippen LogP contribution < -0.4 is 9.47 Å². The molecule has 1 aliphatic rings. The van der Waals surface area contributed by atoms with E-state index in [9.17, 15) is 14.7 Å². The second-order valence-electron chi connectivity index (χ2n) is 7.37. The van der Waals surface area contributed by atoms with Gasteiger partial charge in [-0.2, -0.15) is 0 Å². The largest absolute Gasteiger partial charge is 0.507 e. The molecule has 0 aliphatic carbocycles. The highest BCUT2D eigenvalue weighted by molar-refractivity contribution is 6.46. The molecule has 8 heteroatoms. The first-order chi connectivity index (χ1) is 15.9. The Kier molecular flexibility index (Phi) is 6.42. The molecule has 1 atom stereocenters. The van der Waals surface area contributed by atoms with Crippen molar-refractivity contribution < 1.29 is 28.6 Å². The van der Waals surface area contributed by atoms with Crippen LogP contribution in [0.2, 0.25) is 5.02 Å². The van der Waals surface area contributed by atoms with Crippen LogP contribution in [0.3, 0.4) is 0 Å². The van der Waals surface area contributed by atoms with Crippen molar-refractivity contribution in [2.75, 3.05) is 13.7 Å². The van der Waals surface area contributed by atoms with E-state index < -0.39 is 17.7 Å². The summed E-state index contributed by atoms with van der Waals surface area (Å²) < 4.78 is 16.2. The van der Waals surface area contributed by atoms with Gasteiger partial charge in [0, 0.05) is 12.1 Å². The third kappa shape index (κ3) is 4.32. The SMILES string of the molecule is CCOc1ccc(CN2C(=O)C(=O)/C(=C(\O)c3ccc(Cl)c(OC)c3)C2c2ccco2)cc1. The molecule has 1 unspecified atom stereocenters. The van der Waals surface area contributed by atoms with Crippen LogP contribution in [0.15, 0.2) is 70.9 Å². The number of ketones is 1. The zero-order chi connectivity index (χ0) is 23.5. The Morgan fingerprint density at radius 3 is 2.55 bits per heavy atom. The summed E-state index contributed by atoms with van der Waals surface area (Å²) in [6, 6.07) is 14.3. The third-order valence-corrected chi connectivity index (χ3v) is 5.68. The number of carbonyl (C=O) groups is 2. The minimum absolute atomic E-state index is 0.0646. The van der Waals surface area contributed by atoms with E-state index in [2.05, 4.69) is 0 Å². The normalized spacial score (nSPS) is 17.4. The lowest BCUT2D eigenvalue weighted by Crippen LogP contribution is -2.29. The molecule has 1 aromatic heterocycles. The number of likely N-dealkylation sites (tertiary alicyclic amines) is 1. The summed E-state index contributed by atoms with van der Waals surface area (Å²) in [5.41, 5.74) is 1.03. The maximum absolute atomic E-state index is 13.1. The van der Waals surface area contributed by atoms with Crippen LogP contribution in [0.25, 0.3) is 5.76 Å². The molecule has 0 spiro atoms. The molecule has 33 heavy (non-hydrogen) atoms. The third-order valence-electron chi connectivity index (χ3n) is 5.36. The van der Waals surface area contributed by atoms with Crippen molar-refractivity contribution in [3.63, 3.8) is 0 Å². The van der Waals surface area contributed by atoms with E-state index in [-0.39, 0.29) is 17.9 Å². The van der Waals surface area contributed by atoms with E-state index in [4.69, 9.17) is 25.5 Å². The van der Waals surface area contributed by atoms with Crippen LogP contribution in [0, 0.1) is 0 Å². The van der Waals surface area contributed by atoms with Gasteiger partial charge in [0.1, 0.15) is 29.1 Å². The van der Waals surface area contributed by atoms with Gasteiger partial charge >= 0.3 is 0 Å². The highest BCUT2D eigenvalue weighted by Crippen LogP contribution is 2.41. The highest BCUT2D eigenvalue weighted by Gasteiger charge is 2.47. The molecule has 7 nitrogen and oxygen atoms in total. The first kappa shape index (κ1) is 22.5. The maximum atomic E-state index is 13.1. The number of rotatable bonds is 7. The molecule has 0 bridgehead atoms. The number of aliphatic hydroxyl groups excluding tert-OH is 1. The fourth-order valence-electron chi connectivity index (χ4n) is 3.80. The number of ether oxygens (including phenoxy) is 2. The molecule has 4 rings (SSSR count). The Labute approximate surface area is 195 Å². The molecule has 1 aliphatic heterocycles. The Morgan fingerprint density at radius 2 is 1.91 bits per heavy atom. The number of amides is 1. The fraction of sp³-hybridized carbons (Fsp3) is 0.200. The number of carbonyl (C=O) groups excluding carboxylic acids is 2. The first-order valence-corrected chi connectivity index (χ1v) is 10.7. The molecular weight excluding hydrogens is 446 g/mol. The van der Waals surface area contributed by atoms with Crippen molar-refractivity contribution in [2.45, 2.75) is 19.5 Å². The van der Waals surface area contributed by atoms with Crippen LogP contribution in [-0.2, 0) is 16.1 Å². The summed E-state index contributed by atoms with van der Waals surface area (Å²) in [6.07, 6.45) is 1.46. The van der Waals surface area contributed by atoms with E-state index in [0.717, 1.165) is 5.56 Å². The van der Waals surface area contributed by atoms with Crippen LogP contribution >= 0.6 is 11.6 Å². The Morgan fingerprint density at radius 1 is 1.15 bits per heavy atom. The van der Waals surface area contributed by atoms with Gasteiger partial charge in [0.05, 0.1) is 30.6 Å². The van der Waals surface area contributed by atoms with Crippen molar-refractivity contribution in [3.8, 4) is 11.5 Å². The first-order valence-electron chi connectivity index (χ1n) is 10.3. The predicted octanol–water partition coefficient (Wildman–Crippen LogP) is 4.96. The highest BCUT2D eigenvalue weighted by atomic mass is 35.5. The molecule has 170 valence electrons. The summed E-state index contributed by atoms with van der Waals surface area (Å²) in [5, 5.41) is 11.4. The Bertz CT molecular complexity index is 1200. The standard InChI is InChI=1S/C25H22ClNO6/c1-3-32-17-9-6-15(7-10-17)14-27-22(19-5-4-12-33-19)21(24(29)25(27)30)23(28)16-8-11-18(26)20(13-16)31-2/h4-13,22,28H,3,14H2,1-2H3/b23-21-. The van der Waals surface area contributed by atoms with Gasteiger partial charge in [-0.05, 0) is 55.0 Å². The molecule has 1 N–H and O–H groups in total. The number of hydrogen-bond donors (Lipinski definition) is 1. The summed E-state index contributed by atoms with van der Waals surface area (Å²) in [7, 11) is 1.45. The molecule has 1 amide bonds. The van der Waals surface area contributed by atoms with Crippen molar-refractivity contribution in [1.82, 2.24) is 4.90 Å². The van der Waals surface area contributed by atoms with Gasteiger partial charge in [-0.1, -0.05) is 23.7 Å². The number of halogens is 1. The van der Waals surface area contributed by atoms with Gasteiger partial charge in [-0.25, -0.2) is 0 Å². The van der Waals surface area contributed by atoms with Crippen LogP contribution in [0.4, 0.5) is 0 Å². The van der Waals surface area contributed by atoms with Gasteiger partial charge in [0.25, 0.3) is 11.7 Å². The minimum Gasteiger partial charge on any atom is -0.507 e. The van der Waals surface area contributed by atoms with Crippen LogP contribution in [0.1, 0.15) is 29.9 Å². The number of hydrogen-bond acceptors (Lipinski definition) is 6. The van der Waals surface area contributed by atoms with Crippen molar-refractivity contribution >= 4 is 29.1 Å². The second kappa shape index (κ2) is 9.42. The molecule has 1 fully saturated rings. The van der Waals surface area contributed by atoms with E-state index >= 15 is 0 Å². The predicted molar refractivity (Wildman–Crippen MR) is 122 cm³/mol. The number of nitrogens with zero attached hydrogens (tertiary/aromatic N) is 1. The molecule has 0 saturated carbocycles. The number of Topliss-reactive ketones (excluding diaryl/α,β-unsaturated/α-hetero) is 1. The molecule has 3 aromatic rings. The van der Waals surface area contributed by atoms with E-state index in [1.54, 1.807) is 36.4 Å². The number of methoxy groups -OCH3 is 1. The molecule has 2 heterocycles. The van der Waals surface area contributed by atoms with Gasteiger partial charge < -0.3 is 23.9 Å². The van der Waals surface area contributed by atoms with E-state index in [1.165, 1.54) is 24.3 Å². The number of benzene rings is 2. The van der Waals surface area contributed by atoms with E-state index in [1.807, 2.05) is 19.1 Å². The smallest absolute Gasteiger partial charge is 0.296 e. The molecular formula is C25H22ClNO6. The molecule has 2 aromatic carbocycles. The van der Waals surface area contributed by atoms with Crippen LogP contribution in [-0.4, -0.2) is 35.4 Å². The van der Waals surface area contributed by atoms with Crippen LogP contribution in [0.5, 0.6) is 11.5 Å².